The third kappa shape index (κ3) is 2.55. The number of anilines is 1. The number of morpholine rings is 1. The smallest absolute Gasteiger partial charge is 0.179 e. The average molecular weight is 414 g/mol. The van der Waals surface area contributed by atoms with Gasteiger partial charge < -0.3 is 9.64 Å². The topological polar surface area (TPSA) is 105 Å². The summed E-state index contributed by atoms with van der Waals surface area (Å²) in [6.45, 7) is 1.54. The minimum Gasteiger partial charge on any atom is -0.371 e. The Kier molecular flexibility index (Phi) is 3.47. The molecule has 3 aromatic rings. The van der Waals surface area contributed by atoms with E-state index in [0.29, 0.717) is 18.7 Å². The normalized spacial score (nSPS) is 25.6. The van der Waals surface area contributed by atoms with Crippen molar-refractivity contribution in [1.29, 1.82) is 0 Å². The first-order valence-corrected chi connectivity index (χ1v) is 11.8. The van der Waals surface area contributed by atoms with Gasteiger partial charge in [-0.05, 0) is 37.8 Å². The first-order chi connectivity index (χ1) is 13.9. The van der Waals surface area contributed by atoms with Gasteiger partial charge in [-0.3, -0.25) is 5.10 Å². The number of H-pyrrole nitrogens is 1. The van der Waals surface area contributed by atoms with E-state index in [9.17, 15) is 8.42 Å². The molecule has 0 aromatic carbocycles. The van der Waals surface area contributed by atoms with E-state index >= 15 is 0 Å². The fourth-order valence-corrected chi connectivity index (χ4v) is 6.21. The van der Waals surface area contributed by atoms with Crippen molar-refractivity contribution in [2.45, 2.75) is 42.6 Å². The van der Waals surface area contributed by atoms with E-state index in [2.05, 4.69) is 20.1 Å². The van der Waals surface area contributed by atoms with Crippen LogP contribution in [0.4, 0.5) is 5.82 Å². The highest BCUT2D eigenvalue weighted by Gasteiger charge is 2.55. The molecule has 3 fully saturated rings. The van der Waals surface area contributed by atoms with Crippen LogP contribution in [0.15, 0.2) is 24.5 Å². The SMILES string of the molecule is CS(=O)(=O)C1(c2cc(N3CC4CCC(C3)O4)nn3c(-c4ccn[nH]4)ncc23)CC1. The molecule has 0 radical (unpaired) electrons. The van der Waals surface area contributed by atoms with Crippen LogP contribution in [0.2, 0.25) is 0 Å². The summed E-state index contributed by atoms with van der Waals surface area (Å²) >= 11 is 0. The first-order valence-electron chi connectivity index (χ1n) is 9.94. The first kappa shape index (κ1) is 17.4. The maximum Gasteiger partial charge on any atom is 0.179 e. The molecule has 2 saturated heterocycles. The maximum atomic E-state index is 12.7. The summed E-state index contributed by atoms with van der Waals surface area (Å²) in [6, 6.07) is 3.80. The lowest BCUT2D eigenvalue weighted by atomic mass is 10.1. The molecule has 1 N–H and O–H groups in total. The van der Waals surface area contributed by atoms with Gasteiger partial charge in [-0.15, -0.1) is 5.10 Å². The molecule has 3 aliphatic rings. The van der Waals surface area contributed by atoms with Crippen LogP contribution in [-0.4, -0.2) is 64.8 Å². The summed E-state index contributed by atoms with van der Waals surface area (Å²) in [6.07, 6.45) is 8.53. The summed E-state index contributed by atoms with van der Waals surface area (Å²) in [7, 11) is -3.27. The summed E-state index contributed by atoms with van der Waals surface area (Å²) < 4.78 is 32.3. The van der Waals surface area contributed by atoms with Crippen LogP contribution in [0.1, 0.15) is 31.2 Å². The molecule has 9 nitrogen and oxygen atoms in total. The number of rotatable bonds is 4. The van der Waals surface area contributed by atoms with Crippen molar-refractivity contribution in [1.82, 2.24) is 24.8 Å². The quantitative estimate of drug-likeness (QED) is 0.690. The van der Waals surface area contributed by atoms with Crippen LogP contribution in [0.5, 0.6) is 0 Å². The van der Waals surface area contributed by atoms with Crippen molar-refractivity contribution >= 4 is 21.2 Å². The number of hydrogen-bond donors (Lipinski definition) is 1. The van der Waals surface area contributed by atoms with Gasteiger partial charge in [0.15, 0.2) is 15.7 Å². The van der Waals surface area contributed by atoms with Gasteiger partial charge in [0, 0.05) is 31.1 Å². The predicted molar refractivity (Wildman–Crippen MR) is 106 cm³/mol. The van der Waals surface area contributed by atoms with Crippen molar-refractivity contribution in [3.63, 3.8) is 0 Å². The van der Waals surface area contributed by atoms with Crippen LogP contribution in [-0.2, 0) is 19.3 Å². The lowest BCUT2D eigenvalue weighted by molar-refractivity contribution is 0.0301. The van der Waals surface area contributed by atoms with Crippen molar-refractivity contribution < 1.29 is 13.2 Å². The van der Waals surface area contributed by atoms with Crippen LogP contribution in [0.3, 0.4) is 0 Å². The Bertz CT molecular complexity index is 1190. The van der Waals surface area contributed by atoms with Crippen LogP contribution in [0, 0.1) is 0 Å². The lowest BCUT2D eigenvalue weighted by Crippen LogP contribution is -2.43. The van der Waals surface area contributed by atoms with E-state index < -0.39 is 14.6 Å². The van der Waals surface area contributed by atoms with Crippen molar-refractivity contribution in [3.8, 4) is 11.5 Å². The molecular formula is C19H22N6O3S. The van der Waals surface area contributed by atoms with Crippen molar-refractivity contribution in [2.75, 3.05) is 24.2 Å². The molecule has 1 saturated carbocycles. The zero-order valence-corrected chi connectivity index (χ0v) is 16.9. The standard InChI is InChI=1S/C19H22N6O3S/c1-29(26,27)19(5-6-19)14-8-17(24-10-12-2-3-13(11-24)28-12)23-25-16(14)9-20-18(25)15-4-7-21-22-15/h4,7-9,12-13H,2-3,5-6,10-11H2,1H3,(H,21,22). The summed E-state index contributed by atoms with van der Waals surface area (Å²) in [5.41, 5.74) is 2.27. The van der Waals surface area contributed by atoms with Crippen LogP contribution < -0.4 is 4.90 Å². The molecule has 2 atom stereocenters. The van der Waals surface area contributed by atoms with Gasteiger partial charge in [0.05, 0.1) is 28.7 Å². The van der Waals surface area contributed by atoms with E-state index in [1.165, 1.54) is 6.26 Å². The molecule has 10 heteroatoms. The number of imidazole rings is 1. The highest BCUT2D eigenvalue weighted by atomic mass is 32.2. The molecule has 0 spiro atoms. The molecule has 2 bridgehead atoms. The molecule has 3 aromatic heterocycles. The average Bonchev–Trinajstić information content (AvgIpc) is 3.01. The third-order valence-electron chi connectivity index (χ3n) is 6.50. The summed E-state index contributed by atoms with van der Waals surface area (Å²) in [4.78, 5) is 6.77. The summed E-state index contributed by atoms with van der Waals surface area (Å²) in [5.74, 6) is 1.41. The lowest BCUT2D eigenvalue weighted by Gasteiger charge is -2.33. The molecule has 6 rings (SSSR count). The van der Waals surface area contributed by atoms with E-state index in [0.717, 1.165) is 48.5 Å². The number of nitrogens with zero attached hydrogens (tertiary/aromatic N) is 5. The third-order valence-corrected chi connectivity index (χ3v) is 8.55. The fraction of sp³-hybridized carbons (Fsp3) is 0.526. The summed E-state index contributed by atoms with van der Waals surface area (Å²) in [5, 5.41) is 11.8. The highest BCUT2D eigenvalue weighted by molar-refractivity contribution is 7.92. The number of fused-ring (bicyclic) bond motifs is 3. The van der Waals surface area contributed by atoms with Crippen LogP contribution >= 0.6 is 0 Å². The maximum absolute atomic E-state index is 12.7. The van der Waals surface area contributed by atoms with Gasteiger partial charge in [-0.25, -0.2) is 17.9 Å². The molecule has 152 valence electrons. The molecule has 29 heavy (non-hydrogen) atoms. The van der Waals surface area contributed by atoms with E-state index in [-0.39, 0.29) is 12.2 Å². The molecule has 2 aliphatic heterocycles. The zero-order valence-electron chi connectivity index (χ0n) is 16.1. The van der Waals surface area contributed by atoms with Gasteiger partial charge in [0.25, 0.3) is 0 Å². The van der Waals surface area contributed by atoms with Gasteiger partial charge in [-0.1, -0.05) is 0 Å². The fourth-order valence-electron chi connectivity index (χ4n) is 4.80. The number of hydrogen-bond acceptors (Lipinski definition) is 7. The largest absolute Gasteiger partial charge is 0.371 e. The minimum atomic E-state index is -3.27. The van der Waals surface area contributed by atoms with E-state index in [4.69, 9.17) is 9.84 Å². The second-order valence-electron chi connectivity index (χ2n) is 8.39. The van der Waals surface area contributed by atoms with Gasteiger partial charge >= 0.3 is 0 Å². The van der Waals surface area contributed by atoms with Gasteiger partial charge in [0.1, 0.15) is 11.5 Å². The minimum absolute atomic E-state index is 0.217. The van der Waals surface area contributed by atoms with E-state index in [1.807, 2.05) is 12.1 Å². The second kappa shape index (κ2) is 5.79. The number of aromatic amines is 1. The molecule has 0 amide bonds. The molecule has 1 aliphatic carbocycles. The number of ether oxygens (including phenoxy) is 1. The van der Waals surface area contributed by atoms with Crippen LogP contribution in [0.25, 0.3) is 17.0 Å². The highest BCUT2D eigenvalue weighted by Crippen LogP contribution is 2.54. The molecule has 5 heterocycles. The number of sulfone groups is 1. The Hall–Kier alpha value is -2.46. The van der Waals surface area contributed by atoms with Crippen molar-refractivity contribution in [3.05, 3.63) is 30.1 Å². The zero-order chi connectivity index (χ0) is 19.8. The Labute approximate surface area is 168 Å². The monoisotopic (exact) mass is 414 g/mol. The van der Waals surface area contributed by atoms with Crippen molar-refractivity contribution in [2.24, 2.45) is 0 Å². The molecular weight excluding hydrogens is 392 g/mol. The Morgan fingerprint density at radius 2 is 2.00 bits per heavy atom. The predicted octanol–water partition coefficient (Wildman–Crippen LogP) is 1.52. The molecule has 2 unspecified atom stereocenters. The number of aromatic nitrogens is 5. The Balaban J connectivity index is 1.56. The van der Waals surface area contributed by atoms with Gasteiger partial charge in [-0.2, -0.15) is 5.10 Å². The second-order valence-corrected chi connectivity index (χ2v) is 10.7. The Morgan fingerprint density at radius 1 is 1.24 bits per heavy atom. The van der Waals surface area contributed by atoms with E-state index in [1.54, 1.807) is 16.9 Å². The van der Waals surface area contributed by atoms with Gasteiger partial charge in [0.2, 0.25) is 0 Å². The number of nitrogens with one attached hydrogen (secondary N) is 1. The Morgan fingerprint density at radius 3 is 2.62 bits per heavy atom.